The topological polar surface area (TPSA) is 65.4 Å². The third kappa shape index (κ3) is 3.34. The van der Waals surface area contributed by atoms with Gasteiger partial charge in [0.1, 0.15) is 0 Å². The van der Waals surface area contributed by atoms with Gasteiger partial charge in [0.2, 0.25) is 0 Å². The van der Waals surface area contributed by atoms with Crippen molar-refractivity contribution in [3.63, 3.8) is 0 Å². The van der Waals surface area contributed by atoms with Crippen molar-refractivity contribution in [2.24, 2.45) is 7.05 Å². The number of ether oxygens (including phenoxy) is 2. The molecule has 1 heterocycles. The highest BCUT2D eigenvalue weighted by molar-refractivity contribution is 5.94. The van der Waals surface area contributed by atoms with E-state index < -0.39 is 0 Å². The van der Waals surface area contributed by atoms with Crippen molar-refractivity contribution in [1.29, 1.82) is 0 Å². The largest absolute Gasteiger partial charge is 0.493 e. The third-order valence-corrected chi connectivity index (χ3v) is 3.20. The summed E-state index contributed by atoms with van der Waals surface area (Å²) in [5, 5.41) is 7.11. The summed E-state index contributed by atoms with van der Waals surface area (Å²) in [5.41, 5.74) is 2.42. The molecule has 1 amide bonds. The zero-order valence-electron chi connectivity index (χ0n) is 12.6. The van der Waals surface area contributed by atoms with Crippen LogP contribution in [-0.4, -0.2) is 29.9 Å². The molecule has 21 heavy (non-hydrogen) atoms. The lowest BCUT2D eigenvalue weighted by molar-refractivity contribution is 0.0950. The summed E-state index contributed by atoms with van der Waals surface area (Å²) in [6.07, 6.45) is 1.89. The van der Waals surface area contributed by atoms with Gasteiger partial charge in [-0.25, -0.2) is 0 Å². The number of rotatable bonds is 5. The maximum Gasteiger partial charge on any atom is 0.251 e. The molecule has 2 aromatic rings. The van der Waals surface area contributed by atoms with Crippen LogP contribution in [0.3, 0.4) is 0 Å². The van der Waals surface area contributed by atoms with Crippen LogP contribution in [0.15, 0.2) is 24.4 Å². The molecule has 6 nitrogen and oxygen atoms in total. The molecule has 0 spiro atoms. The second kappa shape index (κ2) is 6.30. The van der Waals surface area contributed by atoms with Crippen molar-refractivity contribution < 1.29 is 14.3 Å². The molecule has 0 atom stereocenters. The van der Waals surface area contributed by atoms with E-state index in [0.29, 0.717) is 23.6 Å². The summed E-state index contributed by atoms with van der Waals surface area (Å²) < 4.78 is 12.1. The number of aryl methyl sites for hydroxylation is 2. The molecule has 0 aliphatic heterocycles. The normalized spacial score (nSPS) is 10.3. The van der Waals surface area contributed by atoms with Gasteiger partial charge in [-0.3, -0.25) is 9.48 Å². The Hall–Kier alpha value is -2.50. The molecule has 0 unspecified atom stereocenters. The SMILES string of the molecule is COc1ccc(C(=O)NCc2cn(C)nc2C)cc1OC. The Kier molecular flexibility index (Phi) is 4.47. The second-order valence-electron chi connectivity index (χ2n) is 4.67. The molecule has 0 fully saturated rings. The van der Waals surface area contributed by atoms with Crippen LogP contribution in [0.2, 0.25) is 0 Å². The van der Waals surface area contributed by atoms with E-state index >= 15 is 0 Å². The first-order valence-electron chi connectivity index (χ1n) is 6.54. The molecule has 1 N–H and O–H groups in total. The second-order valence-corrected chi connectivity index (χ2v) is 4.67. The highest BCUT2D eigenvalue weighted by Crippen LogP contribution is 2.27. The molecule has 112 valence electrons. The van der Waals surface area contributed by atoms with Crippen molar-refractivity contribution in [2.75, 3.05) is 14.2 Å². The van der Waals surface area contributed by atoms with Gasteiger partial charge in [0, 0.05) is 30.9 Å². The van der Waals surface area contributed by atoms with Crippen molar-refractivity contribution in [3.05, 3.63) is 41.2 Å². The van der Waals surface area contributed by atoms with Gasteiger partial charge in [-0.05, 0) is 25.1 Å². The molecule has 2 rings (SSSR count). The Morgan fingerprint density at radius 1 is 1.29 bits per heavy atom. The molecule has 0 saturated carbocycles. The molecular formula is C15H19N3O3. The number of methoxy groups -OCH3 is 2. The molecule has 0 radical (unpaired) electrons. The predicted molar refractivity (Wildman–Crippen MR) is 78.7 cm³/mol. The summed E-state index contributed by atoms with van der Waals surface area (Å²) >= 11 is 0. The van der Waals surface area contributed by atoms with Crippen LogP contribution in [0.25, 0.3) is 0 Å². The number of nitrogens with zero attached hydrogens (tertiary/aromatic N) is 2. The quantitative estimate of drug-likeness (QED) is 0.909. The summed E-state index contributed by atoms with van der Waals surface area (Å²) in [5.74, 6) is 0.957. The third-order valence-electron chi connectivity index (χ3n) is 3.20. The standard InChI is InChI=1S/C15H19N3O3/c1-10-12(9-18(2)17-10)8-16-15(19)11-5-6-13(20-3)14(7-11)21-4/h5-7,9H,8H2,1-4H3,(H,16,19). The van der Waals surface area contributed by atoms with E-state index in [1.54, 1.807) is 37.1 Å². The minimum Gasteiger partial charge on any atom is -0.493 e. The number of hydrogen-bond acceptors (Lipinski definition) is 4. The highest BCUT2D eigenvalue weighted by Gasteiger charge is 2.11. The van der Waals surface area contributed by atoms with E-state index in [0.717, 1.165) is 11.3 Å². The van der Waals surface area contributed by atoms with Gasteiger partial charge >= 0.3 is 0 Å². The fourth-order valence-electron chi connectivity index (χ4n) is 2.08. The minimum atomic E-state index is -0.167. The molecule has 6 heteroatoms. The van der Waals surface area contributed by atoms with E-state index in [-0.39, 0.29) is 5.91 Å². The van der Waals surface area contributed by atoms with Gasteiger partial charge in [0.05, 0.1) is 19.9 Å². The van der Waals surface area contributed by atoms with Crippen molar-refractivity contribution >= 4 is 5.91 Å². The number of hydrogen-bond donors (Lipinski definition) is 1. The average molecular weight is 289 g/mol. The number of benzene rings is 1. The molecular weight excluding hydrogens is 270 g/mol. The maximum absolute atomic E-state index is 12.2. The number of carbonyl (C=O) groups is 1. The first-order chi connectivity index (χ1) is 10.0. The van der Waals surface area contributed by atoms with E-state index in [1.165, 1.54) is 0 Å². The smallest absolute Gasteiger partial charge is 0.251 e. The zero-order valence-corrected chi connectivity index (χ0v) is 12.6. The molecule has 0 aliphatic carbocycles. The fourth-order valence-corrected chi connectivity index (χ4v) is 2.08. The lowest BCUT2D eigenvalue weighted by Crippen LogP contribution is -2.23. The Morgan fingerprint density at radius 3 is 2.57 bits per heavy atom. The van der Waals surface area contributed by atoms with E-state index in [9.17, 15) is 4.79 Å². The highest BCUT2D eigenvalue weighted by atomic mass is 16.5. The van der Waals surface area contributed by atoms with Crippen molar-refractivity contribution in [3.8, 4) is 11.5 Å². The Labute approximate surface area is 123 Å². The zero-order chi connectivity index (χ0) is 15.4. The van der Waals surface area contributed by atoms with Crippen molar-refractivity contribution in [1.82, 2.24) is 15.1 Å². The van der Waals surface area contributed by atoms with Gasteiger partial charge in [-0.1, -0.05) is 0 Å². The van der Waals surface area contributed by atoms with Crippen LogP contribution in [-0.2, 0) is 13.6 Å². The predicted octanol–water partition coefficient (Wildman–Crippen LogP) is 1.68. The lowest BCUT2D eigenvalue weighted by Gasteiger charge is -2.09. The van der Waals surface area contributed by atoms with Crippen LogP contribution >= 0.6 is 0 Å². The van der Waals surface area contributed by atoms with Gasteiger partial charge < -0.3 is 14.8 Å². The number of carbonyl (C=O) groups excluding carboxylic acids is 1. The monoisotopic (exact) mass is 289 g/mol. The first-order valence-corrected chi connectivity index (χ1v) is 6.54. The number of nitrogens with one attached hydrogen (secondary N) is 1. The average Bonchev–Trinajstić information content (AvgIpc) is 2.81. The molecule has 0 saturated heterocycles. The lowest BCUT2D eigenvalue weighted by atomic mass is 10.2. The van der Waals surface area contributed by atoms with Crippen LogP contribution in [0.1, 0.15) is 21.6 Å². The number of aromatic nitrogens is 2. The molecule has 0 bridgehead atoms. The summed E-state index contributed by atoms with van der Waals surface area (Å²) in [6, 6.07) is 5.07. The Bertz CT molecular complexity index is 650. The van der Waals surface area contributed by atoms with E-state index in [2.05, 4.69) is 10.4 Å². The first kappa shape index (κ1) is 14.9. The minimum absolute atomic E-state index is 0.167. The Morgan fingerprint density at radius 2 is 2.00 bits per heavy atom. The summed E-state index contributed by atoms with van der Waals surface area (Å²) in [4.78, 5) is 12.2. The summed E-state index contributed by atoms with van der Waals surface area (Å²) in [7, 11) is 4.95. The van der Waals surface area contributed by atoms with Gasteiger partial charge in [-0.15, -0.1) is 0 Å². The number of amides is 1. The maximum atomic E-state index is 12.2. The van der Waals surface area contributed by atoms with Crippen LogP contribution in [0.5, 0.6) is 11.5 Å². The van der Waals surface area contributed by atoms with E-state index in [4.69, 9.17) is 9.47 Å². The van der Waals surface area contributed by atoms with Crippen LogP contribution in [0.4, 0.5) is 0 Å². The molecule has 1 aromatic carbocycles. The molecule has 1 aromatic heterocycles. The molecule has 0 aliphatic rings. The van der Waals surface area contributed by atoms with Gasteiger partial charge in [0.15, 0.2) is 11.5 Å². The summed E-state index contributed by atoms with van der Waals surface area (Å²) in [6.45, 7) is 2.35. The van der Waals surface area contributed by atoms with Crippen molar-refractivity contribution in [2.45, 2.75) is 13.5 Å². The van der Waals surface area contributed by atoms with Gasteiger partial charge in [0.25, 0.3) is 5.91 Å². The van der Waals surface area contributed by atoms with Crippen LogP contribution in [0, 0.1) is 6.92 Å². The van der Waals surface area contributed by atoms with E-state index in [1.807, 2.05) is 20.2 Å². The fraction of sp³-hybridized carbons (Fsp3) is 0.333. The Balaban J connectivity index is 2.08. The van der Waals surface area contributed by atoms with Gasteiger partial charge in [-0.2, -0.15) is 5.10 Å². The van der Waals surface area contributed by atoms with Crippen LogP contribution < -0.4 is 14.8 Å².